The highest BCUT2D eigenvalue weighted by Gasteiger charge is 2.27. The molecule has 2 rings (SSSR count). The van der Waals surface area contributed by atoms with Crippen LogP contribution in [0.25, 0.3) is 0 Å². The fraction of sp³-hybridized carbons (Fsp3) is 0.538. The summed E-state index contributed by atoms with van der Waals surface area (Å²) >= 11 is 5.85. The molecule has 1 atom stereocenters. The number of carboxylic acid groups (broad SMARTS) is 1. The van der Waals surface area contributed by atoms with Crippen LogP contribution in [0.3, 0.4) is 0 Å². The lowest BCUT2D eigenvalue weighted by Crippen LogP contribution is -2.38. The monoisotopic (exact) mass is 283 g/mol. The highest BCUT2D eigenvalue weighted by atomic mass is 35.5. The molecule has 19 heavy (non-hydrogen) atoms. The third-order valence-electron chi connectivity index (χ3n) is 3.28. The van der Waals surface area contributed by atoms with Crippen molar-refractivity contribution in [1.29, 1.82) is 0 Å². The van der Waals surface area contributed by atoms with Crippen LogP contribution in [0.15, 0.2) is 12.1 Å². The summed E-state index contributed by atoms with van der Waals surface area (Å²) in [6.07, 6.45) is 2.20. The lowest BCUT2D eigenvalue weighted by molar-refractivity contribution is 0.0691. The van der Waals surface area contributed by atoms with Gasteiger partial charge in [0.1, 0.15) is 5.82 Å². The van der Waals surface area contributed by atoms with Crippen molar-refractivity contribution in [2.24, 2.45) is 0 Å². The van der Waals surface area contributed by atoms with E-state index in [-0.39, 0.29) is 10.7 Å². The van der Waals surface area contributed by atoms with Gasteiger partial charge < -0.3 is 14.9 Å². The smallest absolute Gasteiger partial charge is 0.356 e. The predicted octanol–water partition coefficient (Wildman–Crippen LogP) is 1.96. The average molecular weight is 284 g/mol. The van der Waals surface area contributed by atoms with Crippen molar-refractivity contribution in [3.05, 3.63) is 22.8 Å². The van der Waals surface area contributed by atoms with Gasteiger partial charge in [0.15, 0.2) is 5.69 Å². The predicted molar refractivity (Wildman–Crippen MR) is 75.1 cm³/mol. The molecule has 104 valence electrons. The van der Waals surface area contributed by atoms with E-state index in [0.29, 0.717) is 11.9 Å². The SMILES string of the molecule is CN(C)CC1CCCN1c1ccc(Cl)c(C(=O)O)n1. The van der Waals surface area contributed by atoms with Crippen LogP contribution >= 0.6 is 11.6 Å². The minimum atomic E-state index is -1.09. The number of hydrogen-bond acceptors (Lipinski definition) is 4. The molecule has 1 unspecified atom stereocenters. The minimum absolute atomic E-state index is 0.0744. The van der Waals surface area contributed by atoms with E-state index < -0.39 is 5.97 Å². The van der Waals surface area contributed by atoms with Gasteiger partial charge in [0.05, 0.1) is 5.02 Å². The standard InChI is InChI=1S/C13H18ClN3O2/c1-16(2)8-9-4-3-7-17(9)11-6-5-10(14)12(15-11)13(18)19/h5-6,9H,3-4,7-8H2,1-2H3,(H,18,19). The number of anilines is 1. The molecular formula is C13H18ClN3O2. The number of nitrogens with zero attached hydrogens (tertiary/aromatic N) is 3. The number of aromatic nitrogens is 1. The van der Waals surface area contributed by atoms with E-state index in [2.05, 4.69) is 14.8 Å². The summed E-state index contributed by atoms with van der Waals surface area (Å²) < 4.78 is 0. The van der Waals surface area contributed by atoms with Crippen molar-refractivity contribution in [3.8, 4) is 0 Å². The topological polar surface area (TPSA) is 56.7 Å². The molecule has 1 fully saturated rings. The Morgan fingerprint density at radius 3 is 2.95 bits per heavy atom. The first kappa shape index (κ1) is 14.1. The first-order valence-corrected chi connectivity index (χ1v) is 6.68. The Bertz CT molecular complexity index is 479. The molecule has 6 heteroatoms. The first-order valence-electron chi connectivity index (χ1n) is 6.30. The number of likely N-dealkylation sites (N-methyl/N-ethyl adjacent to an activating group) is 1. The Morgan fingerprint density at radius 2 is 2.32 bits per heavy atom. The summed E-state index contributed by atoms with van der Waals surface area (Å²) in [4.78, 5) is 19.6. The van der Waals surface area contributed by atoms with Crippen LogP contribution in [-0.2, 0) is 0 Å². The number of carbonyl (C=O) groups is 1. The first-order chi connectivity index (χ1) is 8.99. The van der Waals surface area contributed by atoms with Gasteiger partial charge in [-0.2, -0.15) is 0 Å². The van der Waals surface area contributed by atoms with Gasteiger partial charge in [-0.1, -0.05) is 11.6 Å². The van der Waals surface area contributed by atoms with E-state index in [9.17, 15) is 4.79 Å². The van der Waals surface area contributed by atoms with E-state index in [1.165, 1.54) is 0 Å². The zero-order chi connectivity index (χ0) is 14.0. The third kappa shape index (κ3) is 3.16. The van der Waals surface area contributed by atoms with Gasteiger partial charge in [0, 0.05) is 19.1 Å². The Balaban J connectivity index is 2.25. The Morgan fingerprint density at radius 1 is 1.58 bits per heavy atom. The fourth-order valence-electron chi connectivity index (χ4n) is 2.49. The lowest BCUT2D eigenvalue weighted by Gasteiger charge is -2.28. The molecule has 1 aliphatic heterocycles. The van der Waals surface area contributed by atoms with Crippen LogP contribution in [0.4, 0.5) is 5.82 Å². The van der Waals surface area contributed by atoms with Crippen LogP contribution in [0.1, 0.15) is 23.3 Å². The molecule has 2 heterocycles. The summed E-state index contributed by atoms with van der Waals surface area (Å²) in [5.74, 6) is -0.388. The van der Waals surface area contributed by atoms with Crippen molar-refractivity contribution in [3.63, 3.8) is 0 Å². The van der Waals surface area contributed by atoms with Gasteiger partial charge in [-0.25, -0.2) is 9.78 Å². The quantitative estimate of drug-likeness (QED) is 0.915. The molecule has 0 amide bonds. The molecule has 1 aromatic rings. The summed E-state index contributed by atoms with van der Waals surface area (Å²) in [7, 11) is 4.07. The second-order valence-corrected chi connectivity index (χ2v) is 5.46. The largest absolute Gasteiger partial charge is 0.476 e. The van der Waals surface area contributed by atoms with E-state index in [4.69, 9.17) is 16.7 Å². The highest BCUT2D eigenvalue weighted by molar-refractivity contribution is 6.33. The number of hydrogen-bond donors (Lipinski definition) is 1. The Labute approximate surface area is 117 Å². The zero-order valence-electron chi connectivity index (χ0n) is 11.1. The van der Waals surface area contributed by atoms with E-state index in [1.807, 2.05) is 14.1 Å². The molecule has 1 N–H and O–H groups in total. The van der Waals surface area contributed by atoms with Crippen LogP contribution in [0, 0.1) is 0 Å². The van der Waals surface area contributed by atoms with E-state index in [0.717, 1.165) is 25.9 Å². The number of rotatable bonds is 4. The Kier molecular flexibility index (Phi) is 4.27. The Hall–Kier alpha value is -1.33. The molecule has 0 aromatic carbocycles. The zero-order valence-corrected chi connectivity index (χ0v) is 11.9. The average Bonchev–Trinajstić information content (AvgIpc) is 2.76. The van der Waals surface area contributed by atoms with Crippen LogP contribution in [0.5, 0.6) is 0 Å². The third-order valence-corrected chi connectivity index (χ3v) is 3.59. The van der Waals surface area contributed by atoms with Gasteiger partial charge in [-0.3, -0.25) is 0 Å². The van der Waals surface area contributed by atoms with Crippen LogP contribution in [-0.4, -0.2) is 54.2 Å². The van der Waals surface area contributed by atoms with Gasteiger partial charge in [0.25, 0.3) is 0 Å². The number of pyridine rings is 1. The number of halogens is 1. The molecular weight excluding hydrogens is 266 g/mol. The molecule has 1 saturated heterocycles. The van der Waals surface area contributed by atoms with Gasteiger partial charge >= 0.3 is 5.97 Å². The fourth-order valence-corrected chi connectivity index (χ4v) is 2.68. The van der Waals surface area contributed by atoms with Gasteiger partial charge in [-0.15, -0.1) is 0 Å². The summed E-state index contributed by atoms with van der Waals surface area (Å²) in [6.45, 7) is 1.85. The normalized spacial score (nSPS) is 19.2. The van der Waals surface area contributed by atoms with Crippen molar-refractivity contribution < 1.29 is 9.90 Å². The molecule has 5 nitrogen and oxygen atoms in total. The van der Waals surface area contributed by atoms with Crippen molar-refractivity contribution >= 4 is 23.4 Å². The lowest BCUT2D eigenvalue weighted by atomic mass is 10.2. The molecule has 0 spiro atoms. The maximum atomic E-state index is 11.1. The molecule has 1 aromatic heterocycles. The molecule has 0 aliphatic carbocycles. The maximum Gasteiger partial charge on any atom is 0.356 e. The molecule has 0 radical (unpaired) electrons. The van der Waals surface area contributed by atoms with E-state index in [1.54, 1.807) is 12.1 Å². The number of carboxylic acids is 1. The van der Waals surface area contributed by atoms with Crippen molar-refractivity contribution in [2.75, 3.05) is 32.1 Å². The van der Waals surface area contributed by atoms with Gasteiger partial charge in [-0.05, 0) is 39.1 Å². The van der Waals surface area contributed by atoms with Gasteiger partial charge in [0.2, 0.25) is 0 Å². The summed E-state index contributed by atoms with van der Waals surface area (Å²) in [5.41, 5.74) is -0.0744. The van der Waals surface area contributed by atoms with Crippen molar-refractivity contribution in [1.82, 2.24) is 9.88 Å². The minimum Gasteiger partial charge on any atom is -0.476 e. The summed E-state index contributed by atoms with van der Waals surface area (Å²) in [6, 6.07) is 3.78. The second-order valence-electron chi connectivity index (χ2n) is 5.06. The summed E-state index contributed by atoms with van der Waals surface area (Å²) in [5, 5.41) is 9.25. The molecule has 1 aliphatic rings. The van der Waals surface area contributed by atoms with Crippen LogP contribution < -0.4 is 4.90 Å². The molecule has 0 saturated carbocycles. The van der Waals surface area contributed by atoms with E-state index >= 15 is 0 Å². The molecule has 0 bridgehead atoms. The second kappa shape index (κ2) is 5.75. The number of aromatic carboxylic acids is 1. The maximum absolute atomic E-state index is 11.1. The van der Waals surface area contributed by atoms with Crippen molar-refractivity contribution in [2.45, 2.75) is 18.9 Å². The highest BCUT2D eigenvalue weighted by Crippen LogP contribution is 2.26. The van der Waals surface area contributed by atoms with Crippen LogP contribution in [0.2, 0.25) is 5.02 Å².